The molecular weight excluding hydrogens is 351 g/mol. The molecule has 2 unspecified atom stereocenters. The van der Waals surface area contributed by atoms with Crippen LogP contribution >= 0.6 is 11.3 Å². The molecule has 2 fully saturated rings. The lowest BCUT2D eigenvalue weighted by molar-refractivity contribution is 0.0315. The lowest BCUT2D eigenvalue weighted by atomic mass is 10.0. The van der Waals surface area contributed by atoms with Gasteiger partial charge >= 0.3 is 6.09 Å². The predicted octanol–water partition coefficient (Wildman–Crippen LogP) is 4.66. The van der Waals surface area contributed by atoms with Crippen molar-refractivity contribution in [3.8, 4) is 0 Å². The molecule has 2 bridgehead atoms. The van der Waals surface area contributed by atoms with Crippen LogP contribution in [0, 0.1) is 5.82 Å². The lowest BCUT2D eigenvalue weighted by Gasteiger charge is -2.36. The highest BCUT2D eigenvalue weighted by Gasteiger charge is 2.40. The van der Waals surface area contributed by atoms with Gasteiger partial charge in [0.15, 0.2) is 0 Å². The molecule has 0 radical (unpaired) electrons. The number of nitrogens with zero attached hydrogens (tertiary/aromatic N) is 2. The average Bonchev–Trinajstić information content (AvgIpc) is 3.19. The second-order valence-corrected chi connectivity index (χ2v) is 8.12. The molecule has 138 valence electrons. The van der Waals surface area contributed by atoms with E-state index < -0.39 is 0 Å². The number of hydrogen-bond acceptors (Lipinski definition) is 4. The summed E-state index contributed by atoms with van der Waals surface area (Å²) in [7, 11) is 2.17. The van der Waals surface area contributed by atoms with Crippen molar-refractivity contribution in [3.05, 3.63) is 53.2 Å². The molecule has 1 aromatic heterocycles. The number of amides is 1. The van der Waals surface area contributed by atoms with E-state index in [0.717, 1.165) is 23.4 Å². The first kappa shape index (κ1) is 17.5. The molecule has 2 saturated heterocycles. The second kappa shape index (κ2) is 7.37. The Morgan fingerprint density at radius 3 is 2.69 bits per heavy atom. The first-order chi connectivity index (χ1) is 12.6. The number of anilines is 1. The Bertz CT molecular complexity index is 753. The third-order valence-corrected chi connectivity index (χ3v) is 6.44. The van der Waals surface area contributed by atoms with Crippen molar-refractivity contribution in [2.24, 2.45) is 0 Å². The first-order valence-corrected chi connectivity index (χ1v) is 9.96. The minimum absolute atomic E-state index is 0.0360. The number of carbonyl (C=O) groups excluding carboxylic acids is 1. The van der Waals surface area contributed by atoms with E-state index in [1.807, 2.05) is 23.6 Å². The summed E-state index contributed by atoms with van der Waals surface area (Å²) in [6.45, 7) is 0.302. The zero-order valence-corrected chi connectivity index (χ0v) is 15.6. The van der Waals surface area contributed by atoms with Crippen molar-refractivity contribution in [1.82, 2.24) is 4.90 Å². The predicted molar refractivity (Wildman–Crippen MR) is 101 cm³/mol. The summed E-state index contributed by atoms with van der Waals surface area (Å²) in [5, 5.41) is 2.74. The standard InChI is InChI=1S/C20H23FN2O2S/c1-22-16-7-8-17(22)12-18(11-16)25-20(24)23(19-6-3-9-26-19)13-14-4-2-5-15(21)10-14/h2-6,9-10,16-18H,7-8,11-13H2,1H3. The van der Waals surface area contributed by atoms with Crippen molar-refractivity contribution < 1.29 is 13.9 Å². The van der Waals surface area contributed by atoms with Crippen molar-refractivity contribution >= 4 is 22.4 Å². The second-order valence-electron chi connectivity index (χ2n) is 7.19. The number of piperidine rings is 1. The third kappa shape index (κ3) is 3.62. The Labute approximate surface area is 157 Å². The van der Waals surface area contributed by atoms with Gasteiger partial charge in [0.25, 0.3) is 0 Å². The van der Waals surface area contributed by atoms with Crippen LogP contribution in [0.4, 0.5) is 14.2 Å². The number of rotatable bonds is 4. The van der Waals surface area contributed by atoms with Gasteiger partial charge in [-0.3, -0.25) is 4.90 Å². The number of thiophene rings is 1. The number of benzene rings is 1. The number of ether oxygens (including phenoxy) is 1. The molecule has 6 heteroatoms. The molecule has 0 saturated carbocycles. The van der Waals surface area contributed by atoms with Gasteiger partial charge in [0.2, 0.25) is 0 Å². The summed E-state index contributed by atoms with van der Waals surface area (Å²) >= 11 is 1.48. The van der Waals surface area contributed by atoms with Gasteiger partial charge in [0, 0.05) is 24.9 Å². The van der Waals surface area contributed by atoms with Crippen LogP contribution in [0.2, 0.25) is 0 Å². The summed E-state index contributed by atoms with van der Waals surface area (Å²) in [5.74, 6) is -0.297. The number of carbonyl (C=O) groups is 1. The summed E-state index contributed by atoms with van der Waals surface area (Å²) in [4.78, 5) is 17.0. The van der Waals surface area contributed by atoms with Crippen LogP contribution in [-0.2, 0) is 11.3 Å². The Morgan fingerprint density at radius 1 is 1.27 bits per heavy atom. The maximum Gasteiger partial charge on any atom is 0.415 e. The lowest BCUT2D eigenvalue weighted by Crippen LogP contribution is -2.45. The molecule has 0 N–H and O–H groups in total. The molecule has 3 heterocycles. The van der Waals surface area contributed by atoms with Gasteiger partial charge in [-0.1, -0.05) is 12.1 Å². The minimum Gasteiger partial charge on any atom is -0.446 e. The van der Waals surface area contributed by atoms with Crippen LogP contribution in [-0.4, -0.2) is 36.2 Å². The van der Waals surface area contributed by atoms with E-state index in [2.05, 4.69) is 11.9 Å². The fourth-order valence-electron chi connectivity index (χ4n) is 4.14. The van der Waals surface area contributed by atoms with E-state index in [9.17, 15) is 9.18 Å². The number of halogens is 1. The van der Waals surface area contributed by atoms with Crippen molar-refractivity contribution in [3.63, 3.8) is 0 Å². The SMILES string of the molecule is CN1C2CCC1CC(OC(=O)N(Cc1cccc(F)c1)c1cccs1)C2. The van der Waals surface area contributed by atoms with Crippen LogP contribution in [0.1, 0.15) is 31.2 Å². The Morgan fingerprint density at radius 2 is 2.04 bits per heavy atom. The van der Waals surface area contributed by atoms with Gasteiger partial charge in [-0.2, -0.15) is 0 Å². The molecule has 2 atom stereocenters. The normalized spacial score (nSPS) is 25.2. The molecule has 2 aromatic rings. The molecule has 4 rings (SSSR count). The fraction of sp³-hybridized carbons (Fsp3) is 0.450. The fourth-order valence-corrected chi connectivity index (χ4v) is 4.86. The quantitative estimate of drug-likeness (QED) is 0.781. The molecule has 1 aromatic carbocycles. The van der Waals surface area contributed by atoms with Gasteiger partial charge in [-0.15, -0.1) is 11.3 Å². The molecular formula is C20H23FN2O2S. The third-order valence-electron chi connectivity index (χ3n) is 5.54. The van der Waals surface area contributed by atoms with Crippen LogP contribution in [0.25, 0.3) is 0 Å². The van der Waals surface area contributed by atoms with E-state index in [1.54, 1.807) is 11.0 Å². The van der Waals surface area contributed by atoms with Crippen LogP contribution < -0.4 is 4.90 Å². The minimum atomic E-state index is -0.342. The largest absolute Gasteiger partial charge is 0.446 e. The highest BCUT2D eigenvalue weighted by Crippen LogP contribution is 2.36. The van der Waals surface area contributed by atoms with E-state index in [4.69, 9.17) is 4.74 Å². The molecule has 4 nitrogen and oxygen atoms in total. The van der Waals surface area contributed by atoms with E-state index in [1.165, 1.54) is 36.3 Å². The molecule has 0 aliphatic carbocycles. The van der Waals surface area contributed by atoms with E-state index >= 15 is 0 Å². The van der Waals surface area contributed by atoms with Gasteiger partial charge in [0.1, 0.15) is 16.9 Å². The van der Waals surface area contributed by atoms with E-state index in [-0.39, 0.29) is 18.0 Å². The summed E-state index contributed by atoms with van der Waals surface area (Å²) < 4.78 is 19.4. The highest BCUT2D eigenvalue weighted by molar-refractivity contribution is 7.14. The monoisotopic (exact) mass is 374 g/mol. The summed E-state index contributed by atoms with van der Waals surface area (Å²) in [5.41, 5.74) is 0.749. The van der Waals surface area contributed by atoms with Gasteiger partial charge in [-0.05, 0) is 55.1 Å². The van der Waals surface area contributed by atoms with Crippen molar-refractivity contribution in [2.45, 2.75) is 50.4 Å². The maximum absolute atomic E-state index is 13.5. The maximum atomic E-state index is 13.5. The van der Waals surface area contributed by atoms with Crippen molar-refractivity contribution in [1.29, 1.82) is 0 Å². The molecule has 26 heavy (non-hydrogen) atoms. The zero-order valence-electron chi connectivity index (χ0n) is 14.8. The molecule has 0 spiro atoms. The Kier molecular flexibility index (Phi) is 4.96. The van der Waals surface area contributed by atoms with Crippen LogP contribution in [0.5, 0.6) is 0 Å². The highest BCUT2D eigenvalue weighted by atomic mass is 32.1. The Balaban J connectivity index is 1.48. The van der Waals surface area contributed by atoms with Gasteiger partial charge in [0.05, 0.1) is 6.54 Å². The Hall–Kier alpha value is -1.92. The smallest absolute Gasteiger partial charge is 0.415 e. The summed E-state index contributed by atoms with van der Waals surface area (Å²) in [6.07, 6.45) is 3.80. The first-order valence-electron chi connectivity index (χ1n) is 9.08. The molecule has 2 aliphatic heterocycles. The van der Waals surface area contributed by atoms with Crippen molar-refractivity contribution in [2.75, 3.05) is 11.9 Å². The topological polar surface area (TPSA) is 32.8 Å². The number of fused-ring (bicyclic) bond motifs is 2. The van der Waals surface area contributed by atoms with Crippen LogP contribution in [0.15, 0.2) is 41.8 Å². The molecule has 2 aliphatic rings. The zero-order chi connectivity index (χ0) is 18.1. The van der Waals surface area contributed by atoms with Gasteiger partial charge in [-0.25, -0.2) is 9.18 Å². The van der Waals surface area contributed by atoms with Gasteiger partial charge < -0.3 is 9.64 Å². The number of hydrogen-bond donors (Lipinski definition) is 0. The average molecular weight is 374 g/mol. The summed E-state index contributed by atoms with van der Waals surface area (Å²) in [6, 6.07) is 11.2. The van der Waals surface area contributed by atoms with Crippen LogP contribution in [0.3, 0.4) is 0 Å². The molecule has 1 amide bonds. The van der Waals surface area contributed by atoms with E-state index in [0.29, 0.717) is 18.6 Å².